The number of hydrogen-bond acceptors (Lipinski definition) is 2. The zero-order valence-electron chi connectivity index (χ0n) is 7.59. The van der Waals surface area contributed by atoms with Gasteiger partial charge >= 0.3 is 0 Å². The van der Waals surface area contributed by atoms with Crippen LogP contribution in [0.2, 0.25) is 0 Å². The van der Waals surface area contributed by atoms with Crippen LogP contribution in [0.5, 0.6) is 0 Å². The van der Waals surface area contributed by atoms with Crippen molar-refractivity contribution in [3.8, 4) is 0 Å². The van der Waals surface area contributed by atoms with Gasteiger partial charge in [-0.2, -0.15) is 0 Å². The Morgan fingerprint density at radius 3 is 2.50 bits per heavy atom. The maximum Gasteiger partial charge on any atom is 0.236 e. The van der Waals surface area contributed by atoms with Gasteiger partial charge in [-0.1, -0.05) is 22.9 Å². The summed E-state index contributed by atoms with van der Waals surface area (Å²) in [5, 5.41) is 8.66. The van der Waals surface area contributed by atoms with Crippen LogP contribution >= 0.6 is 15.9 Å². The van der Waals surface area contributed by atoms with Gasteiger partial charge in [0, 0.05) is 13.1 Å². The van der Waals surface area contributed by atoms with Gasteiger partial charge < -0.3 is 10.0 Å². The van der Waals surface area contributed by atoms with Gasteiger partial charge in [-0.25, -0.2) is 0 Å². The van der Waals surface area contributed by atoms with Crippen LogP contribution in [0.15, 0.2) is 0 Å². The lowest BCUT2D eigenvalue weighted by Gasteiger charge is -2.21. The Morgan fingerprint density at radius 1 is 1.58 bits per heavy atom. The fourth-order valence-electron chi connectivity index (χ4n) is 0.918. The Hall–Kier alpha value is -0.0900. The third-order valence-corrected chi connectivity index (χ3v) is 2.73. The Bertz CT molecular complexity index is 141. The number of carbonyl (C=O) groups is 1. The highest BCUT2D eigenvalue weighted by Gasteiger charge is 2.17. The van der Waals surface area contributed by atoms with Crippen molar-refractivity contribution in [2.45, 2.75) is 25.1 Å². The quantitative estimate of drug-likeness (QED) is 0.726. The fraction of sp³-hybridized carbons (Fsp3) is 0.875. The number of hydrogen-bond donors (Lipinski definition) is 1. The molecule has 3 nitrogen and oxygen atoms in total. The van der Waals surface area contributed by atoms with Gasteiger partial charge in [0.25, 0.3) is 0 Å². The van der Waals surface area contributed by atoms with E-state index in [1.54, 1.807) is 4.90 Å². The summed E-state index contributed by atoms with van der Waals surface area (Å²) in [5.74, 6) is 0.0639. The molecule has 0 saturated carbocycles. The summed E-state index contributed by atoms with van der Waals surface area (Å²) < 4.78 is 0. The minimum atomic E-state index is -0.107. The minimum absolute atomic E-state index is 0.0308. The number of nitrogens with zero attached hydrogens (tertiary/aromatic N) is 1. The summed E-state index contributed by atoms with van der Waals surface area (Å²) >= 11 is 3.28. The van der Waals surface area contributed by atoms with E-state index in [0.29, 0.717) is 13.1 Å². The van der Waals surface area contributed by atoms with Crippen LogP contribution in [-0.2, 0) is 4.79 Å². The molecule has 1 amide bonds. The molecule has 4 heteroatoms. The number of carbonyl (C=O) groups excluding carboxylic acids is 1. The molecule has 1 atom stereocenters. The van der Waals surface area contributed by atoms with E-state index < -0.39 is 0 Å². The summed E-state index contributed by atoms with van der Waals surface area (Å²) in [7, 11) is 0. The van der Waals surface area contributed by atoms with Crippen LogP contribution in [0.4, 0.5) is 0 Å². The van der Waals surface area contributed by atoms with Gasteiger partial charge in [-0.3, -0.25) is 4.79 Å². The first-order valence-corrected chi connectivity index (χ1v) is 5.12. The van der Waals surface area contributed by atoms with Crippen molar-refractivity contribution in [3.63, 3.8) is 0 Å². The summed E-state index contributed by atoms with van der Waals surface area (Å²) in [5.41, 5.74) is 0. The zero-order valence-corrected chi connectivity index (χ0v) is 9.17. The second-order valence-electron chi connectivity index (χ2n) is 2.52. The highest BCUT2D eigenvalue weighted by Crippen LogP contribution is 2.08. The zero-order chi connectivity index (χ0) is 9.56. The van der Waals surface area contributed by atoms with E-state index in [9.17, 15) is 4.79 Å². The molecule has 0 radical (unpaired) electrons. The lowest BCUT2D eigenvalue weighted by atomic mass is 10.3. The molecular weight excluding hydrogens is 222 g/mol. The average Bonchev–Trinajstić information content (AvgIpc) is 2.11. The summed E-state index contributed by atoms with van der Waals surface area (Å²) in [6.07, 6.45) is 0.779. The first-order chi connectivity index (χ1) is 5.67. The standard InChI is InChI=1S/C8H16BrNO2/c1-3-7(9)8(12)10(4-2)5-6-11/h7,11H,3-6H2,1-2H3. The van der Waals surface area contributed by atoms with Crippen LogP contribution in [0.1, 0.15) is 20.3 Å². The van der Waals surface area contributed by atoms with Gasteiger partial charge in [0.05, 0.1) is 11.4 Å². The van der Waals surface area contributed by atoms with Crippen LogP contribution in [0.3, 0.4) is 0 Å². The number of aliphatic hydroxyl groups excluding tert-OH is 1. The number of rotatable bonds is 5. The van der Waals surface area contributed by atoms with Crippen LogP contribution in [0.25, 0.3) is 0 Å². The lowest BCUT2D eigenvalue weighted by molar-refractivity contribution is -0.130. The molecule has 0 saturated heterocycles. The highest BCUT2D eigenvalue weighted by atomic mass is 79.9. The third kappa shape index (κ3) is 3.54. The third-order valence-electron chi connectivity index (χ3n) is 1.69. The first kappa shape index (κ1) is 11.9. The van der Waals surface area contributed by atoms with Gasteiger partial charge in [-0.15, -0.1) is 0 Å². The molecule has 0 aromatic rings. The Morgan fingerprint density at radius 2 is 2.17 bits per heavy atom. The molecule has 0 heterocycles. The maximum absolute atomic E-state index is 11.5. The SMILES string of the molecule is CCC(Br)C(=O)N(CC)CCO. The van der Waals surface area contributed by atoms with Gasteiger partial charge in [0.15, 0.2) is 0 Å². The molecule has 0 rings (SSSR count). The van der Waals surface area contributed by atoms with Crippen molar-refractivity contribution in [2.24, 2.45) is 0 Å². The molecule has 0 spiro atoms. The summed E-state index contributed by atoms with van der Waals surface area (Å²) in [6, 6.07) is 0. The Labute approximate surface area is 81.9 Å². The van der Waals surface area contributed by atoms with Crippen LogP contribution < -0.4 is 0 Å². The van der Waals surface area contributed by atoms with E-state index in [4.69, 9.17) is 5.11 Å². The number of likely N-dealkylation sites (N-methyl/N-ethyl adjacent to an activating group) is 1. The topological polar surface area (TPSA) is 40.5 Å². The summed E-state index contributed by atoms with van der Waals surface area (Å²) in [6.45, 7) is 4.97. The Balaban J connectivity index is 4.01. The molecule has 1 unspecified atom stereocenters. The predicted octanol–water partition coefficient (Wildman–Crippen LogP) is 1.00. The predicted molar refractivity (Wildman–Crippen MR) is 52.3 cm³/mol. The van der Waals surface area contributed by atoms with E-state index in [2.05, 4.69) is 15.9 Å². The smallest absolute Gasteiger partial charge is 0.236 e. The van der Waals surface area contributed by atoms with E-state index >= 15 is 0 Å². The number of halogens is 1. The average molecular weight is 238 g/mol. The molecule has 0 aliphatic heterocycles. The van der Waals surface area contributed by atoms with E-state index in [1.807, 2.05) is 13.8 Å². The number of alkyl halides is 1. The second-order valence-corrected chi connectivity index (χ2v) is 3.62. The molecule has 12 heavy (non-hydrogen) atoms. The van der Waals surface area contributed by atoms with Crippen LogP contribution in [-0.4, -0.2) is 40.4 Å². The number of amides is 1. The number of aliphatic hydroxyl groups is 1. The van der Waals surface area contributed by atoms with Crippen molar-refractivity contribution >= 4 is 21.8 Å². The second kappa shape index (κ2) is 6.43. The molecule has 0 aromatic carbocycles. The van der Waals surface area contributed by atoms with Gasteiger partial charge in [-0.05, 0) is 13.3 Å². The lowest BCUT2D eigenvalue weighted by Crippen LogP contribution is -2.38. The minimum Gasteiger partial charge on any atom is -0.395 e. The van der Waals surface area contributed by atoms with Crippen molar-refractivity contribution in [1.29, 1.82) is 0 Å². The van der Waals surface area contributed by atoms with Gasteiger partial charge in [0.1, 0.15) is 0 Å². The van der Waals surface area contributed by atoms with Gasteiger partial charge in [0.2, 0.25) is 5.91 Å². The van der Waals surface area contributed by atoms with E-state index in [1.165, 1.54) is 0 Å². The molecule has 72 valence electrons. The summed E-state index contributed by atoms with van der Waals surface area (Å²) in [4.78, 5) is 13.0. The van der Waals surface area contributed by atoms with Crippen molar-refractivity contribution in [2.75, 3.05) is 19.7 Å². The van der Waals surface area contributed by atoms with Crippen molar-refractivity contribution in [1.82, 2.24) is 4.90 Å². The molecule has 0 fully saturated rings. The van der Waals surface area contributed by atoms with E-state index in [0.717, 1.165) is 6.42 Å². The Kier molecular flexibility index (Phi) is 6.38. The fourth-order valence-corrected chi connectivity index (χ4v) is 1.21. The maximum atomic E-state index is 11.5. The first-order valence-electron chi connectivity index (χ1n) is 4.21. The van der Waals surface area contributed by atoms with E-state index in [-0.39, 0.29) is 17.3 Å². The largest absolute Gasteiger partial charge is 0.395 e. The molecule has 0 aliphatic carbocycles. The monoisotopic (exact) mass is 237 g/mol. The van der Waals surface area contributed by atoms with Crippen LogP contribution in [0, 0.1) is 0 Å². The molecule has 0 aromatic heterocycles. The normalized spacial score (nSPS) is 12.7. The van der Waals surface area contributed by atoms with Crippen molar-refractivity contribution in [3.05, 3.63) is 0 Å². The molecule has 0 bridgehead atoms. The molecule has 0 aliphatic rings. The van der Waals surface area contributed by atoms with Crippen molar-refractivity contribution < 1.29 is 9.90 Å². The highest BCUT2D eigenvalue weighted by molar-refractivity contribution is 9.10. The molecule has 1 N–H and O–H groups in total. The molecular formula is C8H16BrNO2.